The topological polar surface area (TPSA) is 128 Å². The second-order valence-electron chi connectivity index (χ2n) is 5.79. The number of thiophene rings is 1. The first-order valence-electron chi connectivity index (χ1n) is 8.18. The zero-order valence-electron chi connectivity index (χ0n) is 15.2. The summed E-state index contributed by atoms with van der Waals surface area (Å²) in [6.45, 7) is 4.42. The van der Waals surface area contributed by atoms with E-state index in [1.807, 2.05) is 6.92 Å². The Balaban J connectivity index is 0.00000364. The number of fused-ring (bicyclic) bond motifs is 1. The van der Waals surface area contributed by atoms with Crippen molar-refractivity contribution in [3.8, 4) is 0 Å². The molecule has 2 rings (SSSR count). The molecular formula is C14H26ClN3O6S3. The molecule has 0 aliphatic carbocycles. The van der Waals surface area contributed by atoms with Crippen LogP contribution in [0.3, 0.4) is 0 Å². The van der Waals surface area contributed by atoms with E-state index >= 15 is 0 Å². The Morgan fingerprint density at radius 1 is 1.37 bits per heavy atom. The lowest BCUT2D eigenvalue weighted by Gasteiger charge is -2.32. The highest BCUT2D eigenvalue weighted by Gasteiger charge is 2.39. The first-order chi connectivity index (χ1) is 12.2. The molecule has 13 heteroatoms. The highest BCUT2D eigenvalue weighted by molar-refractivity contribution is 7.94. The van der Waals surface area contributed by atoms with Gasteiger partial charge in [0, 0.05) is 38.4 Å². The number of sulfonamides is 2. The normalized spacial score (nSPS) is 19.4. The Morgan fingerprint density at radius 2 is 2.07 bits per heavy atom. The third-order valence-electron chi connectivity index (χ3n) is 3.90. The van der Waals surface area contributed by atoms with Crippen molar-refractivity contribution in [1.29, 1.82) is 0 Å². The summed E-state index contributed by atoms with van der Waals surface area (Å²) in [6.07, 6.45) is 0.532. The molecule has 9 nitrogen and oxygen atoms in total. The van der Waals surface area contributed by atoms with Gasteiger partial charge in [0.1, 0.15) is 8.42 Å². The molecule has 27 heavy (non-hydrogen) atoms. The Morgan fingerprint density at radius 3 is 2.67 bits per heavy atom. The Hall–Kier alpha value is -0.310. The van der Waals surface area contributed by atoms with E-state index in [-0.39, 0.29) is 33.4 Å². The van der Waals surface area contributed by atoms with E-state index < -0.39 is 20.0 Å². The Kier molecular flexibility index (Phi) is 9.58. The number of nitrogens with zero attached hydrogens (tertiary/aromatic N) is 1. The van der Waals surface area contributed by atoms with Crippen molar-refractivity contribution < 1.29 is 26.3 Å². The maximum absolute atomic E-state index is 12.9. The van der Waals surface area contributed by atoms with Crippen LogP contribution >= 0.6 is 23.7 Å². The van der Waals surface area contributed by atoms with Gasteiger partial charge < -0.3 is 14.8 Å². The van der Waals surface area contributed by atoms with Crippen molar-refractivity contribution in [3.05, 3.63) is 11.6 Å². The van der Waals surface area contributed by atoms with E-state index in [2.05, 4.69) is 5.32 Å². The van der Waals surface area contributed by atoms with Gasteiger partial charge in [0.2, 0.25) is 10.0 Å². The van der Waals surface area contributed by atoms with Crippen LogP contribution in [0, 0.1) is 0 Å². The summed E-state index contributed by atoms with van der Waals surface area (Å²) in [4.78, 5) is 0. The Bertz CT molecular complexity index is 812. The average molecular weight is 464 g/mol. The number of nitrogens with two attached hydrogens (primary N) is 1. The molecule has 0 spiro atoms. The summed E-state index contributed by atoms with van der Waals surface area (Å²) in [5.74, 6) is 0. The molecule has 0 aromatic carbocycles. The molecule has 1 aliphatic rings. The third-order valence-corrected chi connectivity index (χ3v) is 8.86. The summed E-state index contributed by atoms with van der Waals surface area (Å²) < 4.78 is 60.5. The van der Waals surface area contributed by atoms with Crippen LogP contribution in [0.25, 0.3) is 0 Å². The maximum Gasteiger partial charge on any atom is 0.252 e. The number of halogens is 1. The van der Waals surface area contributed by atoms with Crippen molar-refractivity contribution in [2.75, 3.05) is 46.6 Å². The number of methoxy groups -OCH3 is 1. The first-order valence-corrected chi connectivity index (χ1v) is 12.0. The van der Waals surface area contributed by atoms with Gasteiger partial charge in [-0.15, -0.1) is 23.7 Å². The van der Waals surface area contributed by atoms with Crippen LogP contribution in [0.4, 0.5) is 0 Å². The van der Waals surface area contributed by atoms with Crippen LogP contribution < -0.4 is 10.5 Å². The van der Waals surface area contributed by atoms with Crippen LogP contribution in [0.5, 0.6) is 0 Å². The number of hydrogen-bond donors (Lipinski definition) is 2. The summed E-state index contributed by atoms with van der Waals surface area (Å²) >= 11 is 0.703. The standard InChI is InChI=1S/C14H25N3O6S3.ClH/c1-3-16-12-10-17(5-4-6-23-8-7-22-2)26(20,21)14-11(12)9-13(24-14)25(15,18)19;/h9,12,16H,3-8,10H2,1-2H3,(H2,15,18,19);1H/t12-;/m0./s1. The molecule has 1 atom stereocenters. The van der Waals surface area contributed by atoms with E-state index in [0.29, 0.717) is 56.2 Å². The van der Waals surface area contributed by atoms with Gasteiger partial charge in [-0.25, -0.2) is 22.0 Å². The second kappa shape index (κ2) is 10.5. The average Bonchev–Trinajstić information content (AvgIpc) is 3.02. The van der Waals surface area contributed by atoms with E-state index in [4.69, 9.17) is 14.6 Å². The van der Waals surface area contributed by atoms with Gasteiger partial charge >= 0.3 is 0 Å². The molecule has 1 aliphatic heterocycles. The number of rotatable bonds is 10. The van der Waals surface area contributed by atoms with Crippen molar-refractivity contribution >= 4 is 43.8 Å². The smallest absolute Gasteiger partial charge is 0.252 e. The summed E-state index contributed by atoms with van der Waals surface area (Å²) in [5, 5.41) is 8.39. The van der Waals surface area contributed by atoms with Gasteiger partial charge in [-0.1, -0.05) is 6.92 Å². The minimum absolute atomic E-state index is 0. The second-order valence-corrected chi connectivity index (χ2v) is 10.8. The summed E-state index contributed by atoms with van der Waals surface area (Å²) in [5.41, 5.74) is 0.466. The number of hydrogen-bond acceptors (Lipinski definition) is 8. The van der Waals surface area contributed by atoms with Crippen molar-refractivity contribution in [2.24, 2.45) is 5.14 Å². The minimum Gasteiger partial charge on any atom is -0.382 e. The highest BCUT2D eigenvalue weighted by atomic mass is 35.5. The molecule has 0 unspecified atom stereocenters. The number of primary sulfonamides is 1. The predicted octanol–water partition coefficient (Wildman–Crippen LogP) is 0.525. The van der Waals surface area contributed by atoms with Gasteiger partial charge in [-0.3, -0.25) is 0 Å². The number of likely N-dealkylation sites (N-methyl/N-ethyl adjacent to an activating group) is 1. The van der Waals surface area contributed by atoms with Crippen LogP contribution in [0.2, 0.25) is 0 Å². The molecule has 158 valence electrons. The molecule has 0 saturated carbocycles. The predicted molar refractivity (Wildman–Crippen MR) is 105 cm³/mol. The summed E-state index contributed by atoms with van der Waals surface area (Å²) in [7, 11) is -6.13. The van der Waals surface area contributed by atoms with E-state index in [1.54, 1.807) is 7.11 Å². The minimum atomic E-state index is -3.96. The number of nitrogens with one attached hydrogen (secondary N) is 1. The van der Waals surface area contributed by atoms with Crippen molar-refractivity contribution in [1.82, 2.24) is 9.62 Å². The van der Waals surface area contributed by atoms with Gasteiger partial charge in [-0.05, 0) is 19.0 Å². The van der Waals surface area contributed by atoms with Crippen LogP contribution in [0.1, 0.15) is 24.9 Å². The van der Waals surface area contributed by atoms with Crippen LogP contribution in [0.15, 0.2) is 14.5 Å². The Labute approximate surface area is 170 Å². The SMILES string of the molecule is CCN[C@H]1CN(CCCOCCOC)S(=O)(=O)c2sc(S(N)(=O)=O)cc21.Cl. The zero-order valence-corrected chi connectivity index (χ0v) is 18.5. The third kappa shape index (κ3) is 6.08. The quantitative estimate of drug-likeness (QED) is 0.484. The van der Waals surface area contributed by atoms with Crippen LogP contribution in [-0.4, -0.2) is 67.7 Å². The molecule has 3 N–H and O–H groups in total. The van der Waals surface area contributed by atoms with Crippen LogP contribution in [-0.2, 0) is 29.5 Å². The van der Waals surface area contributed by atoms with Gasteiger partial charge in [0.25, 0.3) is 10.0 Å². The van der Waals surface area contributed by atoms with E-state index in [1.165, 1.54) is 10.4 Å². The lowest BCUT2D eigenvalue weighted by molar-refractivity contribution is 0.0675. The molecule has 2 heterocycles. The van der Waals surface area contributed by atoms with Crippen molar-refractivity contribution in [3.63, 3.8) is 0 Å². The maximum atomic E-state index is 12.9. The lowest BCUT2D eigenvalue weighted by Crippen LogP contribution is -2.43. The fourth-order valence-corrected chi connectivity index (χ4v) is 6.99. The van der Waals surface area contributed by atoms with Gasteiger partial charge in [0.15, 0.2) is 0 Å². The molecule has 0 bridgehead atoms. The lowest BCUT2D eigenvalue weighted by atomic mass is 10.1. The largest absolute Gasteiger partial charge is 0.382 e. The molecule has 0 fully saturated rings. The van der Waals surface area contributed by atoms with Gasteiger partial charge in [0.05, 0.1) is 13.2 Å². The zero-order chi connectivity index (χ0) is 19.4. The van der Waals surface area contributed by atoms with Crippen molar-refractivity contribution in [2.45, 2.75) is 27.8 Å². The molecule has 0 saturated heterocycles. The first kappa shape index (κ1) is 24.7. The number of ether oxygens (including phenoxy) is 2. The fraction of sp³-hybridized carbons (Fsp3) is 0.714. The monoisotopic (exact) mass is 463 g/mol. The molecule has 1 aromatic rings. The molecule has 0 amide bonds. The van der Waals surface area contributed by atoms with Gasteiger partial charge in [-0.2, -0.15) is 4.31 Å². The summed E-state index contributed by atoms with van der Waals surface area (Å²) in [6, 6.07) is 1.09. The highest BCUT2D eigenvalue weighted by Crippen LogP contribution is 2.39. The molecule has 1 aromatic heterocycles. The molecule has 0 radical (unpaired) electrons. The fourth-order valence-electron chi connectivity index (χ4n) is 2.69. The van der Waals surface area contributed by atoms with E-state index in [9.17, 15) is 16.8 Å². The van der Waals surface area contributed by atoms with E-state index in [0.717, 1.165) is 0 Å². The molecular weight excluding hydrogens is 438 g/mol.